The van der Waals surface area contributed by atoms with Crippen LogP contribution in [0.1, 0.15) is 36.2 Å². The third-order valence-electron chi connectivity index (χ3n) is 4.78. The highest BCUT2D eigenvalue weighted by atomic mass is 32.1. The summed E-state index contributed by atoms with van der Waals surface area (Å²) in [7, 11) is 0. The molecular weight excluding hydrogens is 332 g/mol. The number of thiophene rings is 1. The average Bonchev–Trinajstić information content (AvgIpc) is 3.15. The summed E-state index contributed by atoms with van der Waals surface area (Å²) in [6.07, 6.45) is 1.95. The van der Waals surface area contributed by atoms with Crippen molar-refractivity contribution < 1.29 is 9.59 Å². The number of carbonyl (C=O) groups excluding carboxylic acids is 2. The molecule has 0 radical (unpaired) electrons. The standard InChI is InChI=1S/C20H24N2O2S/c1-15(16-6-3-2-4-7-16)21-20(24)17-9-11-22(12-10-17)19(23)14-18-8-5-13-25-18/h2-8,13,15,17H,9-12,14H2,1H3,(H,21,24). The molecule has 4 nitrogen and oxygen atoms in total. The Kier molecular flexibility index (Phi) is 5.87. The van der Waals surface area contributed by atoms with E-state index in [2.05, 4.69) is 5.32 Å². The van der Waals surface area contributed by atoms with Crippen LogP contribution < -0.4 is 5.32 Å². The summed E-state index contributed by atoms with van der Waals surface area (Å²) in [6, 6.07) is 14.0. The summed E-state index contributed by atoms with van der Waals surface area (Å²) in [5.74, 6) is 0.262. The van der Waals surface area contributed by atoms with Gasteiger partial charge in [0.05, 0.1) is 12.5 Å². The first-order valence-electron chi connectivity index (χ1n) is 8.79. The van der Waals surface area contributed by atoms with E-state index in [-0.39, 0.29) is 23.8 Å². The molecule has 0 spiro atoms. The van der Waals surface area contributed by atoms with E-state index < -0.39 is 0 Å². The quantitative estimate of drug-likeness (QED) is 0.892. The molecule has 1 atom stereocenters. The minimum Gasteiger partial charge on any atom is -0.349 e. The lowest BCUT2D eigenvalue weighted by Gasteiger charge is -2.32. The van der Waals surface area contributed by atoms with Gasteiger partial charge in [-0.1, -0.05) is 36.4 Å². The van der Waals surface area contributed by atoms with E-state index in [4.69, 9.17) is 0 Å². The number of piperidine rings is 1. The molecule has 1 N–H and O–H groups in total. The van der Waals surface area contributed by atoms with E-state index in [0.717, 1.165) is 23.3 Å². The molecule has 1 aromatic heterocycles. The zero-order chi connectivity index (χ0) is 17.6. The van der Waals surface area contributed by atoms with Crippen molar-refractivity contribution in [3.05, 3.63) is 58.3 Å². The van der Waals surface area contributed by atoms with Gasteiger partial charge in [-0.2, -0.15) is 0 Å². The zero-order valence-electron chi connectivity index (χ0n) is 14.5. The third-order valence-corrected chi connectivity index (χ3v) is 5.66. The topological polar surface area (TPSA) is 49.4 Å². The third kappa shape index (κ3) is 4.69. The lowest BCUT2D eigenvalue weighted by atomic mass is 9.95. The van der Waals surface area contributed by atoms with Crippen LogP contribution in [0.3, 0.4) is 0 Å². The molecule has 2 aromatic rings. The molecule has 0 aliphatic carbocycles. The van der Waals surface area contributed by atoms with Gasteiger partial charge in [0.2, 0.25) is 11.8 Å². The molecule has 0 bridgehead atoms. The van der Waals surface area contributed by atoms with Crippen LogP contribution >= 0.6 is 11.3 Å². The molecule has 1 fully saturated rings. The molecular formula is C20H24N2O2S. The maximum Gasteiger partial charge on any atom is 0.227 e. The van der Waals surface area contributed by atoms with Crippen molar-refractivity contribution in [1.82, 2.24) is 10.2 Å². The Balaban J connectivity index is 1.46. The summed E-state index contributed by atoms with van der Waals surface area (Å²) in [5.41, 5.74) is 1.11. The normalized spacial score (nSPS) is 16.4. The lowest BCUT2D eigenvalue weighted by Crippen LogP contribution is -2.43. The predicted octanol–water partition coefficient (Wildman–Crippen LogP) is 3.41. The smallest absolute Gasteiger partial charge is 0.227 e. The zero-order valence-corrected chi connectivity index (χ0v) is 15.3. The minimum atomic E-state index is -0.00282. The van der Waals surface area contributed by atoms with Crippen molar-refractivity contribution >= 4 is 23.2 Å². The van der Waals surface area contributed by atoms with Gasteiger partial charge in [-0.15, -0.1) is 11.3 Å². The highest BCUT2D eigenvalue weighted by Crippen LogP contribution is 2.21. The molecule has 5 heteroatoms. The molecule has 132 valence electrons. The van der Waals surface area contributed by atoms with Crippen molar-refractivity contribution in [3.8, 4) is 0 Å². The van der Waals surface area contributed by atoms with E-state index in [1.165, 1.54) is 0 Å². The predicted molar refractivity (Wildman–Crippen MR) is 100 cm³/mol. The number of amides is 2. The highest BCUT2D eigenvalue weighted by molar-refractivity contribution is 7.10. The second kappa shape index (κ2) is 8.30. The van der Waals surface area contributed by atoms with Gasteiger partial charge in [-0.25, -0.2) is 0 Å². The van der Waals surface area contributed by atoms with Crippen molar-refractivity contribution in [2.45, 2.75) is 32.2 Å². The van der Waals surface area contributed by atoms with Crippen LogP contribution in [0.25, 0.3) is 0 Å². The van der Waals surface area contributed by atoms with Gasteiger partial charge in [0, 0.05) is 23.9 Å². The van der Waals surface area contributed by atoms with E-state index in [9.17, 15) is 9.59 Å². The molecule has 1 saturated heterocycles. The minimum absolute atomic E-state index is 0.00282. The lowest BCUT2D eigenvalue weighted by molar-refractivity contribution is -0.135. The molecule has 1 aromatic carbocycles. The fraction of sp³-hybridized carbons (Fsp3) is 0.400. The van der Waals surface area contributed by atoms with Crippen molar-refractivity contribution in [2.75, 3.05) is 13.1 Å². The first kappa shape index (κ1) is 17.7. The van der Waals surface area contributed by atoms with Crippen molar-refractivity contribution in [2.24, 2.45) is 5.92 Å². The van der Waals surface area contributed by atoms with Gasteiger partial charge in [0.15, 0.2) is 0 Å². The van der Waals surface area contributed by atoms with Gasteiger partial charge in [-0.3, -0.25) is 9.59 Å². The number of nitrogens with one attached hydrogen (secondary N) is 1. The van der Waals surface area contributed by atoms with E-state index in [0.29, 0.717) is 19.5 Å². The second-order valence-corrected chi connectivity index (χ2v) is 7.58. The van der Waals surface area contributed by atoms with Crippen LogP contribution in [0.4, 0.5) is 0 Å². The monoisotopic (exact) mass is 356 g/mol. The fourth-order valence-electron chi connectivity index (χ4n) is 3.22. The molecule has 0 saturated carbocycles. The van der Waals surface area contributed by atoms with E-state index in [1.807, 2.05) is 59.7 Å². The van der Waals surface area contributed by atoms with Crippen LogP contribution in [0.5, 0.6) is 0 Å². The number of hydrogen-bond donors (Lipinski definition) is 1. The first-order valence-corrected chi connectivity index (χ1v) is 9.67. The molecule has 1 unspecified atom stereocenters. The average molecular weight is 356 g/mol. The number of likely N-dealkylation sites (tertiary alicyclic amines) is 1. The summed E-state index contributed by atoms with van der Waals surface area (Å²) >= 11 is 1.61. The fourth-order valence-corrected chi connectivity index (χ4v) is 3.92. The summed E-state index contributed by atoms with van der Waals surface area (Å²) in [4.78, 5) is 27.8. The summed E-state index contributed by atoms with van der Waals surface area (Å²) in [6.45, 7) is 3.34. The van der Waals surface area contributed by atoms with Crippen LogP contribution in [0, 0.1) is 5.92 Å². The van der Waals surface area contributed by atoms with Crippen LogP contribution in [0.2, 0.25) is 0 Å². The number of rotatable bonds is 5. The Morgan fingerprint density at radius 1 is 1.16 bits per heavy atom. The van der Waals surface area contributed by atoms with Crippen molar-refractivity contribution in [1.29, 1.82) is 0 Å². The molecule has 25 heavy (non-hydrogen) atoms. The Bertz CT molecular complexity index is 692. The Morgan fingerprint density at radius 2 is 1.88 bits per heavy atom. The summed E-state index contributed by atoms with van der Waals surface area (Å²) < 4.78 is 0. The SMILES string of the molecule is CC(NC(=O)C1CCN(C(=O)Cc2cccs2)CC1)c1ccccc1. The number of benzene rings is 1. The Hall–Kier alpha value is -2.14. The van der Waals surface area contributed by atoms with Crippen LogP contribution in [-0.2, 0) is 16.0 Å². The molecule has 3 rings (SSSR count). The molecule has 2 heterocycles. The maximum atomic E-state index is 12.5. The van der Waals surface area contributed by atoms with Crippen molar-refractivity contribution in [3.63, 3.8) is 0 Å². The van der Waals surface area contributed by atoms with Gasteiger partial charge < -0.3 is 10.2 Å². The number of nitrogens with zero attached hydrogens (tertiary/aromatic N) is 1. The van der Waals surface area contributed by atoms with Gasteiger partial charge >= 0.3 is 0 Å². The Labute approximate surface area is 152 Å². The largest absolute Gasteiger partial charge is 0.349 e. The molecule has 1 aliphatic rings. The van der Waals surface area contributed by atoms with Gasteiger partial charge in [0.1, 0.15) is 0 Å². The van der Waals surface area contributed by atoms with E-state index >= 15 is 0 Å². The van der Waals surface area contributed by atoms with Gasteiger partial charge in [-0.05, 0) is 36.8 Å². The summed E-state index contributed by atoms with van der Waals surface area (Å²) in [5, 5.41) is 5.10. The Morgan fingerprint density at radius 3 is 2.52 bits per heavy atom. The second-order valence-electron chi connectivity index (χ2n) is 6.55. The van der Waals surface area contributed by atoms with Crippen LogP contribution in [-0.4, -0.2) is 29.8 Å². The number of hydrogen-bond acceptors (Lipinski definition) is 3. The molecule has 1 aliphatic heterocycles. The van der Waals surface area contributed by atoms with E-state index in [1.54, 1.807) is 11.3 Å². The molecule has 2 amide bonds. The number of carbonyl (C=O) groups is 2. The maximum absolute atomic E-state index is 12.5. The van der Waals surface area contributed by atoms with Crippen LogP contribution in [0.15, 0.2) is 47.8 Å². The first-order chi connectivity index (χ1) is 12.1. The van der Waals surface area contributed by atoms with Gasteiger partial charge in [0.25, 0.3) is 0 Å². The highest BCUT2D eigenvalue weighted by Gasteiger charge is 2.28.